The third kappa shape index (κ3) is 8.30. The van der Waals surface area contributed by atoms with Gasteiger partial charge in [-0.1, -0.05) is 12.2 Å². The number of urea groups is 1. The first-order valence-electron chi connectivity index (χ1n) is 5.86. The first-order valence-corrected chi connectivity index (χ1v) is 5.86. The molecular weight excluding hydrogens is 220 g/mol. The minimum Gasteiger partial charge on any atom is -0.481 e. The molecule has 0 heterocycles. The van der Waals surface area contributed by atoms with Gasteiger partial charge in [-0.3, -0.25) is 4.79 Å². The lowest BCUT2D eigenvalue weighted by Gasteiger charge is -2.21. The molecule has 0 aromatic heterocycles. The third-order valence-corrected chi connectivity index (χ3v) is 2.22. The summed E-state index contributed by atoms with van der Waals surface area (Å²) >= 11 is 0. The van der Waals surface area contributed by atoms with Crippen molar-refractivity contribution in [2.45, 2.75) is 33.1 Å². The zero-order chi connectivity index (χ0) is 13.3. The van der Waals surface area contributed by atoms with E-state index in [1.165, 1.54) is 0 Å². The molecule has 0 spiro atoms. The molecule has 5 heteroatoms. The fraction of sp³-hybridized carbons (Fsp3) is 0.667. The number of nitrogens with zero attached hydrogens (tertiary/aromatic N) is 1. The summed E-state index contributed by atoms with van der Waals surface area (Å²) in [5.41, 5.74) is 0.938. The van der Waals surface area contributed by atoms with Crippen LogP contribution < -0.4 is 5.32 Å². The lowest BCUT2D eigenvalue weighted by molar-refractivity contribution is -0.137. The van der Waals surface area contributed by atoms with Gasteiger partial charge in [0.05, 0.1) is 0 Å². The van der Waals surface area contributed by atoms with E-state index < -0.39 is 5.97 Å². The van der Waals surface area contributed by atoms with Crippen molar-refractivity contribution in [2.24, 2.45) is 0 Å². The highest BCUT2D eigenvalue weighted by Gasteiger charge is 2.10. The molecule has 0 aliphatic rings. The van der Waals surface area contributed by atoms with Gasteiger partial charge in [0.1, 0.15) is 0 Å². The molecule has 0 unspecified atom stereocenters. The predicted molar refractivity (Wildman–Crippen MR) is 66.9 cm³/mol. The van der Waals surface area contributed by atoms with Crippen molar-refractivity contribution in [3.8, 4) is 0 Å². The molecule has 98 valence electrons. The molecule has 0 aromatic carbocycles. The highest BCUT2D eigenvalue weighted by atomic mass is 16.4. The van der Waals surface area contributed by atoms with Crippen LogP contribution in [0.25, 0.3) is 0 Å². The molecule has 0 saturated carbocycles. The van der Waals surface area contributed by atoms with Crippen LogP contribution in [-0.2, 0) is 4.79 Å². The lowest BCUT2D eigenvalue weighted by atomic mass is 10.2. The Morgan fingerprint density at radius 2 is 2.00 bits per heavy atom. The number of carbonyl (C=O) groups is 2. The molecule has 0 aliphatic carbocycles. The van der Waals surface area contributed by atoms with Gasteiger partial charge in [0, 0.05) is 26.1 Å². The second kappa shape index (κ2) is 8.61. The van der Waals surface area contributed by atoms with Gasteiger partial charge in [-0.25, -0.2) is 4.79 Å². The van der Waals surface area contributed by atoms with E-state index in [1.54, 1.807) is 4.90 Å². The average Bonchev–Trinajstić information content (AvgIpc) is 2.24. The maximum atomic E-state index is 11.7. The van der Waals surface area contributed by atoms with Crippen LogP contribution in [0.4, 0.5) is 4.79 Å². The molecule has 2 N–H and O–H groups in total. The van der Waals surface area contributed by atoms with Crippen LogP contribution in [0.3, 0.4) is 0 Å². The summed E-state index contributed by atoms with van der Waals surface area (Å²) < 4.78 is 0. The Bertz CT molecular complexity index is 277. The Labute approximate surface area is 102 Å². The van der Waals surface area contributed by atoms with E-state index >= 15 is 0 Å². The molecule has 2 amide bonds. The van der Waals surface area contributed by atoms with E-state index in [1.807, 2.05) is 13.8 Å². The van der Waals surface area contributed by atoms with Crippen LogP contribution in [0, 0.1) is 0 Å². The molecule has 0 saturated heterocycles. The molecule has 17 heavy (non-hydrogen) atoms. The monoisotopic (exact) mass is 242 g/mol. The number of carboxylic acids is 1. The Kier molecular flexibility index (Phi) is 7.84. The highest BCUT2D eigenvalue weighted by Crippen LogP contribution is 1.97. The number of likely N-dealkylation sites (N-methyl/N-ethyl adjacent to an activating group) is 1. The van der Waals surface area contributed by atoms with Crippen molar-refractivity contribution in [3.05, 3.63) is 12.2 Å². The number of unbranched alkanes of at least 4 members (excludes halogenated alkanes) is 1. The Balaban J connectivity index is 3.75. The number of rotatable bonds is 8. The van der Waals surface area contributed by atoms with Crippen LogP contribution >= 0.6 is 0 Å². The molecule has 0 atom stereocenters. The fourth-order valence-electron chi connectivity index (χ4n) is 1.36. The van der Waals surface area contributed by atoms with Crippen molar-refractivity contribution in [1.82, 2.24) is 10.2 Å². The maximum absolute atomic E-state index is 11.7. The summed E-state index contributed by atoms with van der Waals surface area (Å²) in [6.45, 7) is 9.25. The van der Waals surface area contributed by atoms with Crippen LogP contribution in [0.2, 0.25) is 0 Å². The molecule has 0 rings (SSSR count). The molecule has 0 aliphatic heterocycles. The Hall–Kier alpha value is -1.52. The summed E-state index contributed by atoms with van der Waals surface area (Å²) in [7, 11) is 0. The lowest BCUT2D eigenvalue weighted by Crippen LogP contribution is -2.41. The van der Waals surface area contributed by atoms with E-state index in [0.29, 0.717) is 32.5 Å². The quantitative estimate of drug-likeness (QED) is 0.504. The SMILES string of the molecule is C=C(C)CN(CC)C(=O)NCCCCC(=O)O. The minimum atomic E-state index is -0.797. The van der Waals surface area contributed by atoms with Crippen LogP contribution in [-0.4, -0.2) is 41.6 Å². The molecule has 0 fully saturated rings. The molecule has 0 bridgehead atoms. The van der Waals surface area contributed by atoms with Gasteiger partial charge < -0.3 is 15.3 Å². The standard InChI is InChI=1S/C12H22N2O3/c1-4-14(9-10(2)3)12(17)13-8-6-5-7-11(15)16/h2,4-9H2,1,3H3,(H,13,17)(H,15,16). The number of carbonyl (C=O) groups excluding carboxylic acids is 1. The Morgan fingerprint density at radius 1 is 1.35 bits per heavy atom. The summed E-state index contributed by atoms with van der Waals surface area (Å²) in [4.78, 5) is 23.6. The number of hydrogen-bond acceptors (Lipinski definition) is 2. The first-order chi connectivity index (χ1) is 7.97. The number of nitrogens with one attached hydrogen (secondary N) is 1. The van der Waals surface area contributed by atoms with Crippen molar-refractivity contribution >= 4 is 12.0 Å². The summed E-state index contributed by atoms with van der Waals surface area (Å²) in [5, 5.41) is 11.2. The van der Waals surface area contributed by atoms with Crippen LogP contribution in [0.5, 0.6) is 0 Å². The van der Waals surface area contributed by atoms with Crippen molar-refractivity contribution in [1.29, 1.82) is 0 Å². The number of carboxylic acid groups (broad SMARTS) is 1. The van der Waals surface area contributed by atoms with Crippen molar-refractivity contribution < 1.29 is 14.7 Å². The van der Waals surface area contributed by atoms with Gasteiger partial charge in [0.2, 0.25) is 0 Å². The van der Waals surface area contributed by atoms with E-state index in [2.05, 4.69) is 11.9 Å². The first kappa shape index (κ1) is 15.5. The minimum absolute atomic E-state index is 0.120. The fourth-order valence-corrected chi connectivity index (χ4v) is 1.36. The topological polar surface area (TPSA) is 69.6 Å². The Morgan fingerprint density at radius 3 is 2.47 bits per heavy atom. The summed E-state index contributed by atoms with van der Waals surface area (Å²) in [6, 6.07) is -0.120. The van der Waals surface area contributed by atoms with E-state index in [4.69, 9.17) is 5.11 Å². The van der Waals surface area contributed by atoms with Crippen molar-refractivity contribution in [3.63, 3.8) is 0 Å². The van der Waals surface area contributed by atoms with Gasteiger partial charge in [0.15, 0.2) is 0 Å². The maximum Gasteiger partial charge on any atom is 0.317 e. The third-order valence-electron chi connectivity index (χ3n) is 2.22. The van der Waals surface area contributed by atoms with Crippen LogP contribution in [0.15, 0.2) is 12.2 Å². The van der Waals surface area contributed by atoms with Gasteiger partial charge >= 0.3 is 12.0 Å². The number of aliphatic carboxylic acids is 1. The van der Waals surface area contributed by atoms with Gasteiger partial charge in [0.25, 0.3) is 0 Å². The zero-order valence-corrected chi connectivity index (χ0v) is 10.7. The number of amides is 2. The highest BCUT2D eigenvalue weighted by molar-refractivity contribution is 5.74. The smallest absolute Gasteiger partial charge is 0.317 e. The van der Waals surface area contributed by atoms with Gasteiger partial charge in [-0.05, 0) is 26.7 Å². The largest absolute Gasteiger partial charge is 0.481 e. The van der Waals surface area contributed by atoms with Crippen LogP contribution in [0.1, 0.15) is 33.1 Å². The van der Waals surface area contributed by atoms with E-state index in [0.717, 1.165) is 5.57 Å². The van der Waals surface area contributed by atoms with Gasteiger partial charge in [-0.2, -0.15) is 0 Å². The normalized spacial score (nSPS) is 9.76. The molecule has 0 radical (unpaired) electrons. The zero-order valence-electron chi connectivity index (χ0n) is 10.7. The second-order valence-electron chi connectivity index (χ2n) is 4.05. The molecule has 0 aromatic rings. The van der Waals surface area contributed by atoms with E-state index in [-0.39, 0.29) is 12.5 Å². The summed E-state index contributed by atoms with van der Waals surface area (Å²) in [5.74, 6) is -0.797. The molecule has 5 nitrogen and oxygen atoms in total. The van der Waals surface area contributed by atoms with Gasteiger partial charge in [-0.15, -0.1) is 0 Å². The predicted octanol–water partition coefficient (Wildman–Crippen LogP) is 1.85. The molecular formula is C12H22N2O3. The summed E-state index contributed by atoms with van der Waals surface area (Å²) in [6.07, 6.45) is 1.42. The second-order valence-corrected chi connectivity index (χ2v) is 4.05. The number of hydrogen-bond donors (Lipinski definition) is 2. The van der Waals surface area contributed by atoms with E-state index in [9.17, 15) is 9.59 Å². The van der Waals surface area contributed by atoms with Crippen molar-refractivity contribution in [2.75, 3.05) is 19.6 Å². The average molecular weight is 242 g/mol.